The van der Waals surface area contributed by atoms with Gasteiger partial charge in [0.25, 0.3) is 0 Å². The minimum absolute atomic E-state index is 0.374. The van der Waals surface area contributed by atoms with E-state index in [-0.39, 0.29) is 0 Å². The third kappa shape index (κ3) is 0.783. The maximum Gasteiger partial charge on any atom is 0.165 e. The summed E-state index contributed by atoms with van der Waals surface area (Å²) >= 11 is 0. The van der Waals surface area contributed by atoms with Crippen LogP contribution in [-0.2, 0) is 0 Å². The molecule has 1 heterocycles. The quantitative estimate of drug-likeness (QED) is 0.340. The average Bonchev–Trinajstić information content (AvgIpc) is 1.69. The molecule has 1 aliphatic heterocycles. The molecule has 5 heteroatoms. The first-order valence-electron chi connectivity index (χ1n) is 1.76. The Morgan fingerprint density at radius 3 is 2.71 bits per heavy atom. The Balaban J connectivity index is 2.58. The third-order valence-corrected chi connectivity index (χ3v) is 0.496. The zero-order chi connectivity index (χ0) is 5.11. The maximum atomic E-state index is 5.13. The maximum absolute atomic E-state index is 5.13. The summed E-state index contributed by atoms with van der Waals surface area (Å²) in [6.45, 7) is 0. The first kappa shape index (κ1) is 3.91. The molecule has 0 aromatic heterocycles. The number of nitrogens with zero attached hydrogens (tertiary/aromatic N) is 2. The topological polar surface area (TPSA) is 74.8 Å². The minimum Gasteiger partial charge on any atom is -0.381 e. The van der Waals surface area contributed by atoms with Crippen LogP contribution in [0.2, 0.25) is 0 Å². The smallest absolute Gasteiger partial charge is 0.165 e. The van der Waals surface area contributed by atoms with E-state index in [1.165, 1.54) is 6.21 Å². The molecule has 0 spiro atoms. The molecule has 0 saturated carbocycles. The van der Waals surface area contributed by atoms with E-state index in [2.05, 4.69) is 21.3 Å². The first-order valence-corrected chi connectivity index (χ1v) is 1.76. The third-order valence-electron chi connectivity index (χ3n) is 0.496. The Hall–Kier alpha value is -1.26. The molecule has 0 saturated heterocycles. The predicted molar refractivity (Wildman–Crippen MR) is 26.4 cm³/mol. The van der Waals surface area contributed by atoms with Gasteiger partial charge in [-0.05, 0) is 0 Å². The van der Waals surface area contributed by atoms with Crippen LogP contribution in [0.25, 0.3) is 0 Å². The second-order valence-corrected chi connectivity index (χ2v) is 1.02. The molecule has 0 aliphatic carbocycles. The Bertz CT molecular complexity index is 113. The normalized spacial score (nSPS) is 16.9. The molecule has 7 heavy (non-hydrogen) atoms. The van der Waals surface area contributed by atoms with Gasteiger partial charge in [0.1, 0.15) is 0 Å². The second-order valence-electron chi connectivity index (χ2n) is 1.02. The standard InChI is InChI=1S/C2H5N5/c3-2-1-4-6-7-5-2/h1,6-7H,(H2,3,5). The molecule has 1 rings (SSSR count). The van der Waals surface area contributed by atoms with Crippen molar-refractivity contribution in [2.75, 3.05) is 0 Å². The van der Waals surface area contributed by atoms with Crippen molar-refractivity contribution in [2.24, 2.45) is 15.9 Å². The number of rotatable bonds is 0. The van der Waals surface area contributed by atoms with Crippen molar-refractivity contribution in [3.63, 3.8) is 0 Å². The first-order chi connectivity index (χ1) is 3.39. The van der Waals surface area contributed by atoms with Crippen LogP contribution in [0.4, 0.5) is 0 Å². The van der Waals surface area contributed by atoms with Crippen LogP contribution >= 0.6 is 0 Å². The van der Waals surface area contributed by atoms with Crippen LogP contribution in [0.3, 0.4) is 0 Å². The van der Waals surface area contributed by atoms with Crippen molar-refractivity contribution in [3.8, 4) is 0 Å². The summed E-state index contributed by atoms with van der Waals surface area (Å²) in [5, 5.41) is 7.03. The van der Waals surface area contributed by atoms with Crippen LogP contribution in [-0.4, -0.2) is 12.1 Å². The molecular formula is C2H5N5. The van der Waals surface area contributed by atoms with Crippen LogP contribution in [0.5, 0.6) is 0 Å². The molecule has 0 aromatic rings. The fourth-order valence-electron chi connectivity index (χ4n) is 0.246. The van der Waals surface area contributed by atoms with Gasteiger partial charge in [0.15, 0.2) is 5.84 Å². The molecule has 1 aliphatic rings. The lowest BCUT2D eigenvalue weighted by atomic mass is 10.7. The summed E-state index contributed by atoms with van der Waals surface area (Å²) in [4.78, 5) is 0. The Kier molecular flexibility index (Phi) is 0.816. The van der Waals surface area contributed by atoms with E-state index in [1.54, 1.807) is 0 Å². The van der Waals surface area contributed by atoms with Crippen LogP contribution < -0.4 is 16.8 Å². The number of hydrazine groups is 1. The molecule has 0 atom stereocenters. The largest absolute Gasteiger partial charge is 0.381 e. The molecule has 38 valence electrons. The van der Waals surface area contributed by atoms with E-state index >= 15 is 0 Å². The molecule has 0 aromatic carbocycles. The molecule has 5 nitrogen and oxygen atoms in total. The van der Waals surface area contributed by atoms with Crippen molar-refractivity contribution in [1.29, 1.82) is 0 Å². The molecule has 0 amide bonds. The number of hydrogen-bond donors (Lipinski definition) is 3. The van der Waals surface area contributed by atoms with E-state index < -0.39 is 0 Å². The molecular weight excluding hydrogens is 94.1 g/mol. The van der Waals surface area contributed by atoms with Gasteiger partial charge in [-0.3, -0.25) is 0 Å². The SMILES string of the molecule is NC1=NNNN=C1. The van der Waals surface area contributed by atoms with E-state index in [0.717, 1.165) is 0 Å². The number of nitrogens with two attached hydrogens (primary N) is 1. The summed E-state index contributed by atoms with van der Waals surface area (Å²) in [6.07, 6.45) is 1.41. The number of hydrazone groups is 2. The van der Waals surface area contributed by atoms with E-state index in [0.29, 0.717) is 5.84 Å². The summed E-state index contributed by atoms with van der Waals surface area (Å²) < 4.78 is 0. The Labute approximate surface area is 40.2 Å². The van der Waals surface area contributed by atoms with Gasteiger partial charge in [0.2, 0.25) is 0 Å². The fraction of sp³-hybridized carbons (Fsp3) is 0. The van der Waals surface area contributed by atoms with Gasteiger partial charge >= 0.3 is 0 Å². The molecule has 4 N–H and O–H groups in total. The van der Waals surface area contributed by atoms with Crippen molar-refractivity contribution in [1.82, 2.24) is 11.1 Å². The molecule has 0 fully saturated rings. The van der Waals surface area contributed by atoms with E-state index in [1.807, 2.05) is 0 Å². The fourth-order valence-corrected chi connectivity index (χ4v) is 0.246. The van der Waals surface area contributed by atoms with Gasteiger partial charge in [0, 0.05) is 0 Å². The highest BCUT2D eigenvalue weighted by Crippen LogP contribution is 1.64. The number of hydrogen-bond acceptors (Lipinski definition) is 5. The van der Waals surface area contributed by atoms with Crippen molar-refractivity contribution in [2.45, 2.75) is 0 Å². The van der Waals surface area contributed by atoms with Gasteiger partial charge in [0.05, 0.1) is 6.21 Å². The number of amidine groups is 1. The minimum atomic E-state index is 0.374. The highest BCUT2D eigenvalue weighted by molar-refractivity contribution is 6.28. The lowest BCUT2D eigenvalue weighted by molar-refractivity contribution is 0.581. The van der Waals surface area contributed by atoms with Crippen LogP contribution in [0.1, 0.15) is 0 Å². The van der Waals surface area contributed by atoms with Crippen LogP contribution in [0.15, 0.2) is 10.2 Å². The Morgan fingerprint density at radius 1 is 1.57 bits per heavy atom. The molecule has 0 unspecified atom stereocenters. The average molecular weight is 99.1 g/mol. The van der Waals surface area contributed by atoms with Gasteiger partial charge in [-0.2, -0.15) is 5.10 Å². The lowest BCUT2D eigenvalue weighted by Crippen LogP contribution is -2.31. The van der Waals surface area contributed by atoms with Gasteiger partial charge < -0.3 is 5.73 Å². The lowest BCUT2D eigenvalue weighted by Gasteiger charge is -2.01. The highest BCUT2D eigenvalue weighted by atomic mass is 15.7. The van der Waals surface area contributed by atoms with E-state index in [4.69, 9.17) is 5.73 Å². The Morgan fingerprint density at radius 2 is 2.43 bits per heavy atom. The zero-order valence-electron chi connectivity index (χ0n) is 3.55. The van der Waals surface area contributed by atoms with Crippen molar-refractivity contribution < 1.29 is 0 Å². The molecule has 0 bridgehead atoms. The number of nitrogens with one attached hydrogen (secondary N) is 2. The molecule has 0 radical (unpaired) electrons. The summed E-state index contributed by atoms with van der Waals surface area (Å²) in [7, 11) is 0. The monoisotopic (exact) mass is 99.1 g/mol. The van der Waals surface area contributed by atoms with Gasteiger partial charge in [-0.25, -0.2) is 11.1 Å². The van der Waals surface area contributed by atoms with Gasteiger partial charge in [-0.15, -0.1) is 5.10 Å². The van der Waals surface area contributed by atoms with Crippen molar-refractivity contribution >= 4 is 12.1 Å². The predicted octanol–water partition coefficient (Wildman–Crippen LogP) is -1.65. The summed E-state index contributed by atoms with van der Waals surface area (Å²) in [5.74, 6) is 0.374. The van der Waals surface area contributed by atoms with Crippen LogP contribution in [0, 0.1) is 0 Å². The second kappa shape index (κ2) is 1.46. The van der Waals surface area contributed by atoms with Crippen molar-refractivity contribution in [3.05, 3.63) is 0 Å². The summed E-state index contributed by atoms with van der Waals surface area (Å²) in [5.41, 5.74) is 9.85. The van der Waals surface area contributed by atoms with E-state index in [9.17, 15) is 0 Å². The van der Waals surface area contributed by atoms with Gasteiger partial charge in [-0.1, -0.05) is 0 Å². The summed E-state index contributed by atoms with van der Waals surface area (Å²) in [6, 6.07) is 0. The zero-order valence-corrected chi connectivity index (χ0v) is 3.55. The highest BCUT2D eigenvalue weighted by Gasteiger charge is 1.86.